The third kappa shape index (κ3) is 1.99. The van der Waals surface area contributed by atoms with Crippen molar-refractivity contribution < 1.29 is 14.0 Å². The molecule has 1 N–H and O–H groups in total. The molecule has 1 saturated carbocycles. The zero-order valence-electron chi connectivity index (χ0n) is 11.9. The normalized spacial score (nSPS) is 37.2. The van der Waals surface area contributed by atoms with Crippen LogP contribution in [0.3, 0.4) is 0 Å². The molecule has 0 amide bonds. The molecule has 1 aliphatic heterocycles. The van der Waals surface area contributed by atoms with E-state index in [4.69, 9.17) is 8.85 Å². The van der Waals surface area contributed by atoms with Crippen LogP contribution < -0.4 is 0 Å². The van der Waals surface area contributed by atoms with Crippen molar-refractivity contribution in [2.75, 3.05) is 0 Å². The first-order chi connectivity index (χ1) is 7.57. The first-order valence-electron chi connectivity index (χ1n) is 6.60. The Bertz CT molecular complexity index is 287. The van der Waals surface area contributed by atoms with Gasteiger partial charge < -0.3 is 14.0 Å². The maximum atomic E-state index is 9.98. The van der Waals surface area contributed by atoms with Gasteiger partial charge in [-0.05, 0) is 0 Å². The van der Waals surface area contributed by atoms with Crippen molar-refractivity contribution in [1.82, 2.24) is 0 Å². The molecule has 4 heteroatoms. The predicted octanol–water partition coefficient (Wildman–Crippen LogP) is 2.97. The van der Waals surface area contributed by atoms with Crippen LogP contribution in [0.1, 0.15) is 54.4 Å². The summed E-state index contributed by atoms with van der Waals surface area (Å²) >= 11 is 0. The average molecular weight is 258 g/mol. The van der Waals surface area contributed by atoms with Gasteiger partial charge in [0.05, 0.1) is 18.3 Å². The Morgan fingerprint density at radius 2 is 1.47 bits per heavy atom. The summed E-state index contributed by atoms with van der Waals surface area (Å²) in [6.45, 7) is 13.3. The summed E-state index contributed by atoms with van der Waals surface area (Å²) in [5.74, 6) is 0. The zero-order chi connectivity index (χ0) is 13.1. The minimum Gasteiger partial charge on any atom is -0.390 e. The van der Waals surface area contributed by atoms with Crippen LogP contribution in [0.4, 0.5) is 0 Å². The molecule has 2 bridgehead atoms. The van der Waals surface area contributed by atoms with Crippen molar-refractivity contribution >= 4 is 8.56 Å². The minimum absolute atomic E-state index is 0.00105. The summed E-state index contributed by atoms with van der Waals surface area (Å²) in [5.41, 5.74) is 0. The smallest absolute Gasteiger partial charge is 0.349 e. The van der Waals surface area contributed by atoms with Crippen LogP contribution in [0.5, 0.6) is 0 Å². The second-order valence-corrected chi connectivity index (χ2v) is 12.3. The second-order valence-electron chi connectivity index (χ2n) is 7.55. The Morgan fingerprint density at radius 3 is 1.88 bits per heavy atom. The Kier molecular flexibility index (Phi) is 3.02. The van der Waals surface area contributed by atoms with Crippen LogP contribution in [0.2, 0.25) is 10.1 Å². The summed E-state index contributed by atoms with van der Waals surface area (Å²) in [6.07, 6.45) is 1.47. The van der Waals surface area contributed by atoms with Crippen molar-refractivity contribution in [3.63, 3.8) is 0 Å². The van der Waals surface area contributed by atoms with E-state index >= 15 is 0 Å². The van der Waals surface area contributed by atoms with Gasteiger partial charge in [-0.2, -0.15) is 0 Å². The predicted molar refractivity (Wildman–Crippen MR) is 70.2 cm³/mol. The maximum Gasteiger partial charge on any atom is 0.349 e. The Hall–Kier alpha value is 0.0969. The van der Waals surface area contributed by atoms with Crippen LogP contribution in [0.15, 0.2) is 0 Å². The highest BCUT2D eigenvalue weighted by Gasteiger charge is 2.64. The maximum absolute atomic E-state index is 9.98. The molecule has 3 nitrogen and oxygen atoms in total. The van der Waals surface area contributed by atoms with Gasteiger partial charge in [-0.3, -0.25) is 0 Å². The minimum atomic E-state index is -2.35. The van der Waals surface area contributed by atoms with E-state index in [1.165, 1.54) is 0 Å². The van der Waals surface area contributed by atoms with Crippen LogP contribution in [0.25, 0.3) is 0 Å². The van der Waals surface area contributed by atoms with Gasteiger partial charge in [-0.15, -0.1) is 0 Å². The summed E-state index contributed by atoms with van der Waals surface area (Å²) < 4.78 is 12.8. The van der Waals surface area contributed by atoms with E-state index in [2.05, 4.69) is 41.5 Å². The number of hydrogen-bond acceptors (Lipinski definition) is 3. The highest BCUT2D eigenvalue weighted by molar-refractivity contribution is 6.73. The van der Waals surface area contributed by atoms with E-state index in [9.17, 15) is 5.11 Å². The van der Waals surface area contributed by atoms with Gasteiger partial charge >= 0.3 is 8.56 Å². The lowest BCUT2D eigenvalue weighted by atomic mass is 10.2. The van der Waals surface area contributed by atoms with Gasteiger partial charge in [0, 0.05) is 22.9 Å². The van der Waals surface area contributed by atoms with Gasteiger partial charge in [-0.25, -0.2) is 0 Å². The summed E-state index contributed by atoms with van der Waals surface area (Å²) in [5, 5.41) is 10.0. The number of rotatable bonds is 0. The van der Waals surface area contributed by atoms with Gasteiger partial charge in [0.15, 0.2) is 0 Å². The van der Waals surface area contributed by atoms with Crippen molar-refractivity contribution in [2.24, 2.45) is 0 Å². The monoisotopic (exact) mass is 258 g/mol. The quantitative estimate of drug-likeness (QED) is 0.679. The molecule has 2 aliphatic rings. The fourth-order valence-corrected chi connectivity index (χ4v) is 8.53. The topological polar surface area (TPSA) is 38.7 Å². The Labute approximate surface area is 106 Å². The van der Waals surface area contributed by atoms with E-state index in [0.717, 1.165) is 12.8 Å². The number of fused-ring (bicyclic) bond motifs is 2. The standard InChI is InChI=1S/C13H26O3Si/c1-12(2,3)17(13(4,5)6)15-9-7-10(14)11(8-9)16-17/h9-11,14H,7-8H2,1-6H3/t9?,10-,11?/m0/s1. The number of hydrogen-bond donors (Lipinski definition) is 1. The molecule has 3 atom stereocenters. The molecule has 0 aromatic heterocycles. The molecule has 0 radical (unpaired) electrons. The third-order valence-electron chi connectivity index (χ3n) is 4.05. The molecule has 2 rings (SSSR count). The van der Waals surface area contributed by atoms with Crippen molar-refractivity contribution in [2.45, 2.75) is 82.8 Å². The molecule has 2 unspecified atom stereocenters. The molecule has 0 aromatic rings. The van der Waals surface area contributed by atoms with Gasteiger partial charge in [0.2, 0.25) is 0 Å². The fourth-order valence-electron chi connectivity index (χ4n) is 3.46. The van der Waals surface area contributed by atoms with Crippen LogP contribution >= 0.6 is 0 Å². The lowest BCUT2D eigenvalue weighted by Crippen LogP contribution is -2.62. The van der Waals surface area contributed by atoms with E-state index in [1.807, 2.05) is 0 Å². The van der Waals surface area contributed by atoms with E-state index in [1.54, 1.807) is 0 Å². The van der Waals surface area contributed by atoms with Crippen LogP contribution in [0, 0.1) is 0 Å². The molecule has 0 spiro atoms. The van der Waals surface area contributed by atoms with Gasteiger partial charge in [0.1, 0.15) is 0 Å². The largest absolute Gasteiger partial charge is 0.390 e. The fraction of sp³-hybridized carbons (Fsp3) is 1.00. The summed E-state index contributed by atoms with van der Waals surface area (Å²) in [7, 11) is -2.35. The van der Waals surface area contributed by atoms with Crippen molar-refractivity contribution in [1.29, 1.82) is 0 Å². The molecular weight excluding hydrogens is 232 g/mol. The van der Waals surface area contributed by atoms with Crippen LogP contribution in [-0.4, -0.2) is 32.0 Å². The highest BCUT2D eigenvalue weighted by atomic mass is 28.4. The van der Waals surface area contributed by atoms with Crippen molar-refractivity contribution in [3.05, 3.63) is 0 Å². The Morgan fingerprint density at radius 1 is 0.941 bits per heavy atom. The third-order valence-corrected chi connectivity index (χ3v) is 9.30. The zero-order valence-corrected chi connectivity index (χ0v) is 12.9. The first-order valence-corrected chi connectivity index (χ1v) is 8.42. The lowest BCUT2D eigenvalue weighted by molar-refractivity contribution is -0.00920. The molecule has 2 fully saturated rings. The molecule has 17 heavy (non-hydrogen) atoms. The molecule has 100 valence electrons. The lowest BCUT2D eigenvalue weighted by Gasteiger charge is -2.53. The number of aliphatic hydroxyl groups is 1. The SMILES string of the molecule is CC(C)(C)[Si]1(C(C)(C)C)OC2CC(O1)[C@@H](O)C2. The second kappa shape index (κ2) is 3.79. The number of aliphatic hydroxyl groups excluding tert-OH is 1. The molecular formula is C13H26O3Si. The summed E-state index contributed by atoms with van der Waals surface area (Å²) in [4.78, 5) is 0. The van der Waals surface area contributed by atoms with E-state index in [-0.39, 0.29) is 28.4 Å². The van der Waals surface area contributed by atoms with Gasteiger partial charge in [-0.1, -0.05) is 41.5 Å². The molecule has 1 aliphatic carbocycles. The highest BCUT2D eigenvalue weighted by Crippen LogP contribution is 2.56. The van der Waals surface area contributed by atoms with E-state index in [0.29, 0.717) is 0 Å². The first kappa shape index (κ1) is 13.5. The molecule has 1 saturated heterocycles. The van der Waals surface area contributed by atoms with E-state index < -0.39 is 8.56 Å². The van der Waals surface area contributed by atoms with Crippen LogP contribution in [-0.2, 0) is 8.85 Å². The average Bonchev–Trinajstić information content (AvgIpc) is 2.36. The Balaban J connectivity index is 2.38. The van der Waals surface area contributed by atoms with Gasteiger partial charge in [0.25, 0.3) is 0 Å². The van der Waals surface area contributed by atoms with Crippen molar-refractivity contribution in [3.8, 4) is 0 Å². The summed E-state index contributed by atoms with van der Waals surface area (Å²) in [6, 6.07) is 0. The molecule has 1 heterocycles. The molecule has 0 aromatic carbocycles.